The van der Waals surface area contributed by atoms with E-state index in [4.69, 9.17) is 14.2 Å². The molecule has 1 aliphatic carbocycles. The van der Waals surface area contributed by atoms with Crippen molar-refractivity contribution in [1.82, 2.24) is 0 Å². The van der Waals surface area contributed by atoms with Crippen molar-refractivity contribution in [2.75, 3.05) is 13.2 Å². The Bertz CT molecular complexity index is 548. The van der Waals surface area contributed by atoms with Gasteiger partial charge >= 0.3 is 5.97 Å². The van der Waals surface area contributed by atoms with Gasteiger partial charge in [0.25, 0.3) is 0 Å². The Morgan fingerprint density at radius 3 is 2.36 bits per heavy atom. The molecule has 1 fully saturated rings. The minimum Gasteiger partial charge on any atom is -0.490 e. The fourth-order valence-corrected chi connectivity index (χ4v) is 3.11. The van der Waals surface area contributed by atoms with E-state index in [2.05, 4.69) is 18.7 Å². The maximum atomic E-state index is 11.7. The number of rotatable bonds is 7. The van der Waals surface area contributed by atoms with Gasteiger partial charge in [-0.3, -0.25) is 0 Å². The van der Waals surface area contributed by atoms with E-state index >= 15 is 0 Å². The Labute approximate surface area is 151 Å². The standard InChI is InChI=1S/C21H30O4/c1-5-14-23-18-10-6-16(7-11-18)17-8-12-19(13-9-17)24-15-20(22)25-21(2,3)4/h5-7,10-11,17,19H,1,8-9,12-15H2,2-4H3. The summed E-state index contributed by atoms with van der Waals surface area (Å²) in [6, 6.07) is 8.32. The van der Waals surface area contributed by atoms with Crippen molar-refractivity contribution >= 4 is 5.97 Å². The summed E-state index contributed by atoms with van der Waals surface area (Å²) < 4.78 is 16.5. The van der Waals surface area contributed by atoms with Crippen LogP contribution in [0.2, 0.25) is 0 Å². The monoisotopic (exact) mass is 346 g/mol. The van der Waals surface area contributed by atoms with Gasteiger partial charge in [0, 0.05) is 0 Å². The highest BCUT2D eigenvalue weighted by Gasteiger charge is 2.24. The maximum absolute atomic E-state index is 11.7. The van der Waals surface area contributed by atoms with Gasteiger partial charge in [-0.2, -0.15) is 0 Å². The molecular formula is C21H30O4. The second kappa shape index (κ2) is 9.04. The highest BCUT2D eigenvalue weighted by atomic mass is 16.6. The molecule has 25 heavy (non-hydrogen) atoms. The molecule has 0 heterocycles. The van der Waals surface area contributed by atoms with Crippen LogP contribution in [0, 0.1) is 0 Å². The molecule has 0 N–H and O–H groups in total. The zero-order valence-corrected chi connectivity index (χ0v) is 15.6. The van der Waals surface area contributed by atoms with Gasteiger partial charge in [0.1, 0.15) is 24.6 Å². The molecule has 0 atom stereocenters. The van der Waals surface area contributed by atoms with E-state index in [1.54, 1.807) is 6.08 Å². The van der Waals surface area contributed by atoms with Crippen LogP contribution in [0.1, 0.15) is 57.9 Å². The molecule has 1 aromatic carbocycles. The molecule has 0 spiro atoms. The molecular weight excluding hydrogens is 316 g/mol. The minimum absolute atomic E-state index is 0.0436. The fraction of sp³-hybridized carbons (Fsp3) is 0.571. The lowest BCUT2D eigenvalue weighted by Gasteiger charge is -2.29. The molecule has 0 amide bonds. The van der Waals surface area contributed by atoms with Crippen molar-refractivity contribution in [2.24, 2.45) is 0 Å². The zero-order valence-electron chi connectivity index (χ0n) is 15.6. The first-order valence-corrected chi connectivity index (χ1v) is 9.04. The van der Waals surface area contributed by atoms with Gasteiger partial charge < -0.3 is 14.2 Å². The fourth-order valence-electron chi connectivity index (χ4n) is 3.11. The normalized spacial score (nSPS) is 20.8. The van der Waals surface area contributed by atoms with Crippen LogP contribution in [-0.2, 0) is 14.3 Å². The summed E-state index contributed by atoms with van der Waals surface area (Å²) in [5, 5.41) is 0. The highest BCUT2D eigenvalue weighted by molar-refractivity contribution is 5.71. The molecule has 138 valence electrons. The average Bonchev–Trinajstić information content (AvgIpc) is 2.58. The number of hydrogen-bond acceptors (Lipinski definition) is 4. The molecule has 1 saturated carbocycles. The second-order valence-corrected chi connectivity index (χ2v) is 7.54. The van der Waals surface area contributed by atoms with Crippen LogP contribution < -0.4 is 4.74 Å². The van der Waals surface area contributed by atoms with Crippen LogP contribution in [-0.4, -0.2) is 30.9 Å². The summed E-state index contributed by atoms with van der Waals surface area (Å²) >= 11 is 0. The van der Waals surface area contributed by atoms with Gasteiger partial charge in [-0.15, -0.1) is 0 Å². The lowest BCUT2D eigenvalue weighted by atomic mass is 9.83. The quantitative estimate of drug-likeness (QED) is 0.533. The summed E-state index contributed by atoms with van der Waals surface area (Å²) in [7, 11) is 0. The summed E-state index contributed by atoms with van der Waals surface area (Å²) in [6.07, 6.45) is 5.99. The predicted molar refractivity (Wildman–Crippen MR) is 98.9 cm³/mol. The molecule has 0 bridgehead atoms. The van der Waals surface area contributed by atoms with Crippen molar-refractivity contribution in [2.45, 2.75) is 64.1 Å². The van der Waals surface area contributed by atoms with Gasteiger partial charge in [-0.05, 0) is 70.1 Å². The van der Waals surface area contributed by atoms with Crippen molar-refractivity contribution in [3.63, 3.8) is 0 Å². The van der Waals surface area contributed by atoms with E-state index in [0.29, 0.717) is 12.5 Å². The molecule has 0 unspecified atom stereocenters. The van der Waals surface area contributed by atoms with E-state index in [0.717, 1.165) is 31.4 Å². The van der Waals surface area contributed by atoms with E-state index in [9.17, 15) is 4.79 Å². The van der Waals surface area contributed by atoms with Crippen LogP contribution >= 0.6 is 0 Å². The first-order valence-electron chi connectivity index (χ1n) is 9.04. The summed E-state index contributed by atoms with van der Waals surface area (Å²) in [6.45, 7) is 9.82. The summed E-state index contributed by atoms with van der Waals surface area (Å²) in [5.41, 5.74) is 0.885. The second-order valence-electron chi connectivity index (χ2n) is 7.54. The molecule has 0 saturated heterocycles. The highest BCUT2D eigenvalue weighted by Crippen LogP contribution is 2.34. The molecule has 0 aliphatic heterocycles. The van der Waals surface area contributed by atoms with Gasteiger partial charge in [0.15, 0.2) is 0 Å². The molecule has 1 aromatic rings. The maximum Gasteiger partial charge on any atom is 0.332 e. The molecule has 0 aromatic heterocycles. The van der Waals surface area contributed by atoms with Crippen molar-refractivity contribution < 1.29 is 19.0 Å². The number of esters is 1. The summed E-state index contributed by atoms with van der Waals surface area (Å²) in [5.74, 6) is 1.14. The Morgan fingerprint density at radius 1 is 1.16 bits per heavy atom. The third-order valence-corrected chi connectivity index (χ3v) is 4.25. The van der Waals surface area contributed by atoms with Crippen LogP contribution in [0.3, 0.4) is 0 Å². The number of benzene rings is 1. The third-order valence-electron chi connectivity index (χ3n) is 4.25. The van der Waals surface area contributed by atoms with Crippen LogP contribution in [0.5, 0.6) is 5.75 Å². The Kier molecular flexibility index (Phi) is 7.06. The van der Waals surface area contributed by atoms with E-state index in [-0.39, 0.29) is 18.7 Å². The lowest BCUT2D eigenvalue weighted by molar-refractivity contribution is -0.162. The molecule has 4 heteroatoms. The zero-order chi connectivity index (χ0) is 18.3. The van der Waals surface area contributed by atoms with Gasteiger partial charge in [0.05, 0.1) is 6.10 Å². The Morgan fingerprint density at radius 2 is 1.80 bits per heavy atom. The smallest absolute Gasteiger partial charge is 0.332 e. The summed E-state index contributed by atoms with van der Waals surface area (Å²) in [4.78, 5) is 11.7. The molecule has 1 aliphatic rings. The van der Waals surface area contributed by atoms with Crippen molar-refractivity contribution in [1.29, 1.82) is 0 Å². The molecule has 4 nitrogen and oxygen atoms in total. The van der Waals surface area contributed by atoms with Crippen LogP contribution in [0.15, 0.2) is 36.9 Å². The number of carbonyl (C=O) groups is 1. The van der Waals surface area contributed by atoms with E-state index in [1.807, 2.05) is 32.9 Å². The number of carbonyl (C=O) groups excluding carboxylic acids is 1. The third kappa shape index (κ3) is 6.91. The van der Waals surface area contributed by atoms with Gasteiger partial charge in [-0.25, -0.2) is 4.79 Å². The first-order chi connectivity index (χ1) is 11.9. The largest absolute Gasteiger partial charge is 0.490 e. The number of hydrogen-bond donors (Lipinski definition) is 0. The Balaban J connectivity index is 1.74. The number of ether oxygens (including phenoxy) is 3. The predicted octanol–water partition coefficient (Wildman–Crippen LogP) is 4.64. The lowest BCUT2D eigenvalue weighted by Crippen LogP contribution is -2.29. The minimum atomic E-state index is -0.459. The topological polar surface area (TPSA) is 44.8 Å². The van der Waals surface area contributed by atoms with Crippen LogP contribution in [0.25, 0.3) is 0 Å². The van der Waals surface area contributed by atoms with Crippen molar-refractivity contribution in [3.05, 3.63) is 42.5 Å². The van der Waals surface area contributed by atoms with Gasteiger partial charge in [-0.1, -0.05) is 24.8 Å². The van der Waals surface area contributed by atoms with E-state index < -0.39 is 5.60 Å². The molecule has 2 rings (SSSR count). The first kappa shape index (κ1) is 19.5. The van der Waals surface area contributed by atoms with Crippen LogP contribution in [0.4, 0.5) is 0 Å². The SMILES string of the molecule is C=CCOc1ccc(C2CCC(OCC(=O)OC(C)(C)C)CC2)cc1. The van der Waals surface area contributed by atoms with Gasteiger partial charge in [0.2, 0.25) is 0 Å². The Hall–Kier alpha value is -1.81. The van der Waals surface area contributed by atoms with Crippen molar-refractivity contribution in [3.8, 4) is 5.75 Å². The molecule has 0 radical (unpaired) electrons. The van der Waals surface area contributed by atoms with E-state index in [1.165, 1.54) is 5.56 Å². The average molecular weight is 346 g/mol.